The minimum absolute atomic E-state index is 0.0656. The molecule has 1 aromatic carbocycles. The van der Waals surface area contributed by atoms with E-state index in [0.29, 0.717) is 12.0 Å². The van der Waals surface area contributed by atoms with Crippen LogP contribution in [-0.4, -0.2) is 17.8 Å². The third kappa shape index (κ3) is 2.54. The van der Waals surface area contributed by atoms with Gasteiger partial charge in [-0.25, -0.2) is 4.39 Å². The second kappa shape index (κ2) is 5.59. The summed E-state index contributed by atoms with van der Waals surface area (Å²) < 4.78 is 13.7. The molecule has 0 heterocycles. The van der Waals surface area contributed by atoms with E-state index >= 15 is 0 Å². The molecule has 1 fully saturated rings. The molecule has 0 aliphatic heterocycles. The van der Waals surface area contributed by atoms with Gasteiger partial charge in [0.2, 0.25) is 0 Å². The molecule has 1 saturated carbocycles. The van der Waals surface area contributed by atoms with Crippen LogP contribution >= 0.6 is 0 Å². The smallest absolute Gasteiger partial charge is 0.126 e. The van der Waals surface area contributed by atoms with Crippen LogP contribution in [-0.2, 0) is 6.42 Å². The number of halogens is 1. The monoisotopic (exact) mass is 263 g/mol. The fourth-order valence-corrected chi connectivity index (χ4v) is 3.69. The Balaban J connectivity index is 1.73. The van der Waals surface area contributed by atoms with Gasteiger partial charge in [0.15, 0.2) is 0 Å². The standard InChI is InChI=1S/C16H22FNO/c17-14-6-3-5-13-12(14)8-9-16(13)18-15-7-2-1-4-11(15)10-19/h3,5-6,11,15-16,18-19H,1-2,4,7-10H2. The number of aliphatic hydroxyl groups excluding tert-OH is 1. The molecule has 3 rings (SSSR count). The molecule has 0 aromatic heterocycles. The van der Waals surface area contributed by atoms with Crippen molar-refractivity contribution in [2.24, 2.45) is 5.92 Å². The van der Waals surface area contributed by atoms with Crippen LogP contribution in [0.1, 0.15) is 49.3 Å². The van der Waals surface area contributed by atoms with Crippen molar-refractivity contribution in [2.45, 2.75) is 50.6 Å². The number of benzene rings is 1. The summed E-state index contributed by atoms with van der Waals surface area (Å²) in [4.78, 5) is 0. The molecule has 0 saturated heterocycles. The zero-order valence-electron chi connectivity index (χ0n) is 11.2. The van der Waals surface area contributed by atoms with Gasteiger partial charge in [0, 0.05) is 18.7 Å². The van der Waals surface area contributed by atoms with Crippen molar-refractivity contribution in [3.63, 3.8) is 0 Å². The maximum atomic E-state index is 13.7. The summed E-state index contributed by atoms with van der Waals surface area (Å²) in [6.45, 7) is 0.264. The number of aliphatic hydroxyl groups is 1. The van der Waals surface area contributed by atoms with Crippen molar-refractivity contribution in [1.82, 2.24) is 5.32 Å². The highest BCUT2D eigenvalue weighted by atomic mass is 19.1. The van der Waals surface area contributed by atoms with Gasteiger partial charge >= 0.3 is 0 Å². The highest BCUT2D eigenvalue weighted by Crippen LogP contribution is 2.35. The van der Waals surface area contributed by atoms with E-state index in [2.05, 4.69) is 5.32 Å². The molecule has 3 heteroatoms. The first-order valence-electron chi connectivity index (χ1n) is 7.44. The average Bonchev–Trinajstić information content (AvgIpc) is 2.84. The van der Waals surface area contributed by atoms with E-state index in [1.807, 2.05) is 6.07 Å². The fraction of sp³-hybridized carbons (Fsp3) is 0.625. The molecule has 0 bridgehead atoms. The molecule has 3 unspecified atom stereocenters. The SMILES string of the molecule is OCC1CCCCC1NC1CCc2c(F)cccc21. The molecule has 2 aliphatic carbocycles. The van der Waals surface area contributed by atoms with Gasteiger partial charge in [-0.2, -0.15) is 0 Å². The predicted octanol–water partition coefficient (Wildman–Crippen LogP) is 2.95. The largest absolute Gasteiger partial charge is 0.396 e. The first-order chi connectivity index (χ1) is 9.29. The topological polar surface area (TPSA) is 32.3 Å². The van der Waals surface area contributed by atoms with E-state index in [9.17, 15) is 9.50 Å². The van der Waals surface area contributed by atoms with Crippen LogP contribution in [0.2, 0.25) is 0 Å². The second-order valence-electron chi connectivity index (χ2n) is 5.90. The van der Waals surface area contributed by atoms with E-state index in [1.165, 1.54) is 12.8 Å². The van der Waals surface area contributed by atoms with E-state index in [4.69, 9.17) is 0 Å². The molecule has 104 valence electrons. The van der Waals surface area contributed by atoms with Gasteiger partial charge < -0.3 is 10.4 Å². The summed E-state index contributed by atoms with van der Waals surface area (Å²) in [5.74, 6) is 0.301. The molecule has 2 aliphatic rings. The second-order valence-corrected chi connectivity index (χ2v) is 5.90. The molecule has 2 N–H and O–H groups in total. The Morgan fingerprint density at radius 2 is 2.05 bits per heavy atom. The van der Waals surface area contributed by atoms with Gasteiger partial charge in [0.25, 0.3) is 0 Å². The number of fused-ring (bicyclic) bond motifs is 1. The minimum Gasteiger partial charge on any atom is -0.396 e. The summed E-state index contributed by atoms with van der Waals surface area (Å²) in [7, 11) is 0. The lowest BCUT2D eigenvalue weighted by Gasteiger charge is -2.33. The van der Waals surface area contributed by atoms with Gasteiger partial charge in [-0.3, -0.25) is 0 Å². The van der Waals surface area contributed by atoms with Gasteiger partial charge in [-0.05, 0) is 48.8 Å². The van der Waals surface area contributed by atoms with Crippen molar-refractivity contribution in [3.05, 3.63) is 35.1 Å². The summed E-state index contributed by atoms with van der Waals surface area (Å²) >= 11 is 0. The Hall–Kier alpha value is -0.930. The van der Waals surface area contributed by atoms with Crippen molar-refractivity contribution >= 4 is 0 Å². The Morgan fingerprint density at radius 1 is 1.21 bits per heavy atom. The molecule has 2 nitrogen and oxygen atoms in total. The van der Waals surface area contributed by atoms with E-state index in [-0.39, 0.29) is 18.5 Å². The molecular weight excluding hydrogens is 241 g/mol. The third-order valence-electron chi connectivity index (χ3n) is 4.77. The molecule has 0 radical (unpaired) electrons. The Bertz CT molecular complexity index is 448. The zero-order valence-corrected chi connectivity index (χ0v) is 11.2. The lowest BCUT2D eigenvalue weighted by molar-refractivity contribution is 0.145. The molecule has 0 amide bonds. The van der Waals surface area contributed by atoms with Crippen molar-refractivity contribution in [2.75, 3.05) is 6.61 Å². The van der Waals surface area contributed by atoms with E-state index < -0.39 is 0 Å². The van der Waals surface area contributed by atoms with Gasteiger partial charge in [-0.15, -0.1) is 0 Å². The quantitative estimate of drug-likeness (QED) is 0.878. The van der Waals surface area contributed by atoms with Gasteiger partial charge in [0.1, 0.15) is 5.82 Å². The Labute approximate surface area is 114 Å². The maximum absolute atomic E-state index is 13.7. The molecule has 0 spiro atoms. The van der Waals surface area contributed by atoms with Crippen LogP contribution < -0.4 is 5.32 Å². The number of hydrogen-bond donors (Lipinski definition) is 2. The first kappa shape index (κ1) is 13.1. The number of nitrogens with one attached hydrogen (secondary N) is 1. The van der Waals surface area contributed by atoms with Gasteiger partial charge in [-0.1, -0.05) is 25.0 Å². The van der Waals surface area contributed by atoms with Crippen LogP contribution in [0, 0.1) is 11.7 Å². The first-order valence-corrected chi connectivity index (χ1v) is 7.44. The lowest BCUT2D eigenvalue weighted by atomic mass is 9.84. The normalized spacial score (nSPS) is 30.3. The summed E-state index contributed by atoms with van der Waals surface area (Å²) in [6, 6.07) is 6.05. The van der Waals surface area contributed by atoms with Crippen LogP contribution in [0.5, 0.6) is 0 Å². The molecular formula is C16H22FNO. The highest BCUT2D eigenvalue weighted by Gasteiger charge is 2.30. The van der Waals surface area contributed by atoms with Crippen molar-refractivity contribution in [1.29, 1.82) is 0 Å². The number of hydrogen-bond acceptors (Lipinski definition) is 2. The number of rotatable bonds is 3. The van der Waals surface area contributed by atoms with E-state index in [0.717, 1.165) is 36.8 Å². The van der Waals surface area contributed by atoms with Crippen LogP contribution in [0.4, 0.5) is 4.39 Å². The molecule has 3 atom stereocenters. The van der Waals surface area contributed by atoms with Crippen molar-refractivity contribution < 1.29 is 9.50 Å². The van der Waals surface area contributed by atoms with Gasteiger partial charge in [0.05, 0.1) is 0 Å². The summed E-state index contributed by atoms with van der Waals surface area (Å²) in [5.41, 5.74) is 2.01. The fourth-order valence-electron chi connectivity index (χ4n) is 3.69. The third-order valence-corrected chi connectivity index (χ3v) is 4.77. The zero-order chi connectivity index (χ0) is 13.2. The Morgan fingerprint density at radius 3 is 2.89 bits per heavy atom. The van der Waals surface area contributed by atoms with Crippen LogP contribution in [0.3, 0.4) is 0 Å². The summed E-state index contributed by atoms with van der Waals surface area (Å²) in [5, 5.41) is 13.2. The highest BCUT2D eigenvalue weighted by molar-refractivity contribution is 5.35. The maximum Gasteiger partial charge on any atom is 0.126 e. The summed E-state index contributed by atoms with van der Waals surface area (Å²) in [6.07, 6.45) is 6.50. The Kier molecular flexibility index (Phi) is 3.85. The molecule has 1 aromatic rings. The van der Waals surface area contributed by atoms with E-state index in [1.54, 1.807) is 12.1 Å². The average molecular weight is 263 g/mol. The van der Waals surface area contributed by atoms with Crippen molar-refractivity contribution in [3.8, 4) is 0 Å². The van der Waals surface area contributed by atoms with Crippen LogP contribution in [0.25, 0.3) is 0 Å². The minimum atomic E-state index is -0.0656. The molecule has 19 heavy (non-hydrogen) atoms. The van der Waals surface area contributed by atoms with Crippen LogP contribution in [0.15, 0.2) is 18.2 Å². The lowest BCUT2D eigenvalue weighted by Crippen LogP contribution is -2.41. The predicted molar refractivity (Wildman–Crippen MR) is 73.4 cm³/mol.